The van der Waals surface area contributed by atoms with Crippen molar-refractivity contribution in [3.8, 4) is 0 Å². The van der Waals surface area contributed by atoms with Crippen LogP contribution in [-0.2, 0) is 4.79 Å². The SMILES string of the molecule is O=C(/C=C/c1nc2ccccc2o1)NCCCSc1ccccc1. The highest BCUT2D eigenvalue weighted by Crippen LogP contribution is 2.17. The molecule has 1 aromatic heterocycles. The third kappa shape index (κ3) is 4.73. The van der Waals surface area contributed by atoms with Gasteiger partial charge in [0.05, 0.1) is 0 Å². The van der Waals surface area contributed by atoms with Crippen LogP contribution in [0.3, 0.4) is 0 Å². The Kier molecular flexibility index (Phi) is 5.69. The summed E-state index contributed by atoms with van der Waals surface area (Å²) in [6.07, 6.45) is 3.96. The molecule has 4 nitrogen and oxygen atoms in total. The number of oxazole rings is 1. The lowest BCUT2D eigenvalue weighted by Crippen LogP contribution is -2.22. The molecule has 0 atom stereocenters. The van der Waals surface area contributed by atoms with Crippen molar-refractivity contribution >= 4 is 34.8 Å². The monoisotopic (exact) mass is 338 g/mol. The molecule has 0 bridgehead atoms. The molecule has 122 valence electrons. The van der Waals surface area contributed by atoms with Crippen LogP contribution in [0.2, 0.25) is 0 Å². The van der Waals surface area contributed by atoms with Gasteiger partial charge in [-0.3, -0.25) is 4.79 Å². The number of para-hydroxylation sites is 2. The van der Waals surface area contributed by atoms with Crippen LogP contribution in [0, 0.1) is 0 Å². The molecule has 0 aliphatic rings. The van der Waals surface area contributed by atoms with Gasteiger partial charge in [-0.25, -0.2) is 4.98 Å². The summed E-state index contributed by atoms with van der Waals surface area (Å²) in [7, 11) is 0. The van der Waals surface area contributed by atoms with Gasteiger partial charge in [-0.05, 0) is 36.4 Å². The van der Waals surface area contributed by atoms with Gasteiger partial charge in [-0.15, -0.1) is 11.8 Å². The highest BCUT2D eigenvalue weighted by Gasteiger charge is 2.02. The molecule has 0 spiro atoms. The van der Waals surface area contributed by atoms with Crippen molar-refractivity contribution in [1.29, 1.82) is 0 Å². The number of hydrogen-bond donors (Lipinski definition) is 1. The van der Waals surface area contributed by atoms with Gasteiger partial charge in [0, 0.05) is 23.6 Å². The topological polar surface area (TPSA) is 55.1 Å². The van der Waals surface area contributed by atoms with Crippen molar-refractivity contribution in [1.82, 2.24) is 10.3 Å². The minimum absolute atomic E-state index is 0.137. The molecule has 0 aliphatic heterocycles. The molecular formula is C19H18N2O2S. The summed E-state index contributed by atoms with van der Waals surface area (Å²) in [5, 5.41) is 2.86. The van der Waals surface area contributed by atoms with E-state index in [1.807, 2.05) is 42.5 Å². The number of hydrogen-bond acceptors (Lipinski definition) is 4. The van der Waals surface area contributed by atoms with Crippen LogP contribution in [0.5, 0.6) is 0 Å². The summed E-state index contributed by atoms with van der Waals surface area (Å²) in [4.78, 5) is 17.3. The molecule has 1 amide bonds. The van der Waals surface area contributed by atoms with Crippen LogP contribution in [-0.4, -0.2) is 23.2 Å². The summed E-state index contributed by atoms with van der Waals surface area (Å²) in [6.45, 7) is 0.649. The predicted molar refractivity (Wildman–Crippen MR) is 97.8 cm³/mol. The van der Waals surface area contributed by atoms with E-state index in [1.54, 1.807) is 17.8 Å². The molecule has 0 unspecified atom stereocenters. The van der Waals surface area contributed by atoms with Crippen molar-refractivity contribution in [2.75, 3.05) is 12.3 Å². The fraction of sp³-hybridized carbons (Fsp3) is 0.158. The van der Waals surface area contributed by atoms with E-state index in [0.717, 1.165) is 23.3 Å². The molecule has 0 radical (unpaired) electrons. The van der Waals surface area contributed by atoms with E-state index in [2.05, 4.69) is 22.4 Å². The maximum atomic E-state index is 11.8. The summed E-state index contributed by atoms with van der Waals surface area (Å²) in [5.74, 6) is 1.27. The van der Waals surface area contributed by atoms with Gasteiger partial charge in [-0.1, -0.05) is 30.3 Å². The molecule has 3 rings (SSSR count). The Morgan fingerprint density at radius 1 is 1.12 bits per heavy atom. The molecule has 0 fully saturated rings. The van der Waals surface area contributed by atoms with Crippen LogP contribution < -0.4 is 5.32 Å². The summed E-state index contributed by atoms with van der Waals surface area (Å²) >= 11 is 1.79. The molecule has 3 aromatic rings. The first kappa shape index (κ1) is 16.3. The second-order valence-electron chi connectivity index (χ2n) is 5.16. The fourth-order valence-electron chi connectivity index (χ4n) is 2.16. The summed E-state index contributed by atoms with van der Waals surface area (Å²) in [5.41, 5.74) is 1.51. The minimum Gasteiger partial charge on any atom is -0.437 e. The maximum Gasteiger partial charge on any atom is 0.244 e. The lowest BCUT2D eigenvalue weighted by atomic mass is 10.3. The molecular weight excluding hydrogens is 320 g/mol. The first-order chi connectivity index (χ1) is 11.8. The third-order valence-corrected chi connectivity index (χ3v) is 4.42. The van der Waals surface area contributed by atoms with E-state index in [0.29, 0.717) is 12.4 Å². The number of aromatic nitrogens is 1. The standard InChI is InChI=1S/C19H18N2O2S/c22-18(20-13-6-14-24-15-7-2-1-3-8-15)11-12-19-21-16-9-4-5-10-17(16)23-19/h1-5,7-12H,6,13-14H2,(H,20,22)/b12-11+. The largest absolute Gasteiger partial charge is 0.437 e. The Bertz CT molecular complexity index is 795. The smallest absolute Gasteiger partial charge is 0.244 e. The molecule has 1 heterocycles. The van der Waals surface area contributed by atoms with Crippen LogP contribution >= 0.6 is 11.8 Å². The Morgan fingerprint density at radius 2 is 1.92 bits per heavy atom. The Morgan fingerprint density at radius 3 is 2.75 bits per heavy atom. The average Bonchev–Trinajstić information content (AvgIpc) is 3.03. The Hall–Kier alpha value is -2.53. The van der Waals surface area contributed by atoms with Crippen LogP contribution in [0.25, 0.3) is 17.2 Å². The van der Waals surface area contributed by atoms with Crippen molar-refractivity contribution in [2.24, 2.45) is 0 Å². The van der Waals surface area contributed by atoms with Gasteiger partial charge in [0.1, 0.15) is 5.52 Å². The number of carbonyl (C=O) groups excluding carboxylic acids is 1. The predicted octanol–water partition coefficient (Wildman–Crippen LogP) is 4.14. The van der Waals surface area contributed by atoms with Crippen LogP contribution in [0.4, 0.5) is 0 Å². The van der Waals surface area contributed by atoms with Gasteiger partial charge in [0.15, 0.2) is 5.58 Å². The Balaban J connectivity index is 1.39. The second kappa shape index (κ2) is 8.36. The number of carbonyl (C=O) groups is 1. The summed E-state index contributed by atoms with van der Waals surface area (Å²) < 4.78 is 5.53. The lowest BCUT2D eigenvalue weighted by molar-refractivity contribution is -0.116. The maximum absolute atomic E-state index is 11.8. The van der Waals surface area contributed by atoms with Gasteiger partial charge in [0.2, 0.25) is 11.8 Å². The number of thioether (sulfide) groups is 1. The first-order valence-electron chi connectivity index (χ1n) is 7.80. The quantitative estimate of drug-likeness (QED) is 0.400. The van der Waals surface area contributed by atoms with E-state index in [-0.39, 0.29) is 5.91 Å². The van der Waals surface area contributed by atoms with E-state index < -0.39 is 0 Å². The number of amides is 1. The zero-order chi connectivity index (χ0) is 16.6. The van der Waals surface area contributed by atoms with Crippen molar-refractivity contribution in [3.63, 3.8) is 0 Å². The van der Waals surface area contributed by atoms with Gasteiger partial charge in [0.25, 0.3) is 0 Å². The molecule has 5 heteroatoms. The number of fused-ring (bicyclic) bond motifs is 1. The van der Waals surface area contributed by atoms with Crippen molar-refractivity contribution in [2.45, 2.75) is 11.3 Å². The van der Waals surface area contributed by atoms with E-state index in [9.17, 15) is 4.79 Å². The van der Waals surface area contributed by atoms with Crippen molar-refractivity contribution < 1.29 is 9.21 Å². The van der Waals surface area contributed by atoms with E-state index in [1.165, 1.54) is 11.0 Å². The third-order valence-electron chi connectivity index (χ3n) is 3.32. The van der Waals surface area contributed by atoms with Crippen LogP contribution in [0.1, 0.15) is 12.3 Å². The number of benzene rings is 2. The normalized spacial score (nSPS) is 11.2. The van der Waals surface area contributed by atoms with Crippen molar-refractivity contribution in [3.05, 3.63) is 66.6 Å². The number of nitrogens with one attached hydrogen (secondary N) is 1. The van der Waals surface area contributed by atoms with Crippen LogP contribution in [0.15, 0.2) is 70.0 Å². The number of rotatable bonds is 7. The van der Waals surface area contributed by atoms with E-state index in [4.69, 9.17) is 4.42 Å². The second-order valence-corrected chi connectivity index (χ2v) is 6.33. The van der Waals surface area contributed by atoms with Gasteiger partial charge < -0.3 is 9.73 Å². The first-order valence-corrected chi connectivity index (χ1v) is 8.79. The van der Waals surface area contributed by atoms with Gasteiger partial charge >= 0.3 is 0 Å². The lowest BCUT2D eigenvalue weighted by Gasteiger charge is -2.02. The molecule has 2 aromatic carbocycles. The van der Waals surface area contributed by atoms with Gasteiger partial charge in [-0.2, -0.15) is 0 Å². The molecule has 0 saturated heterocycles. The number of nitrogens with zero attached hydrogens (tertiary/aromatic N) is 1. The Labute approximate surface area is 145 Å². The fourth-order valence-corrected chi connectivity index (χ4v) is 3.03. The molecule has 1 N–H and O–H groups in total. The summed E-state index contributed by atoms with van der Waals surface area (Å²) in [6, 6.07) is 17.8. The highest BCUT2D eigenvalue weighted by molar-refractivity contribution is 7.99. The highest BCUT2D eigenvalue weighted by atomic mass is 32.2. The molecule has 24 heavy (non-hydrogen) atoms. The van der Waals surface area contributed by atoms with E-state index >= 15 is 0 Å². The zero-order valence-corrected chi connectivity index (χ0v) is 14.0. The average molecular weight is 338 g/mol. The molecule has 0 aliphatic carbocycles. The molecule has 0 saturated carbocycles. The minimum atomic E-state index is -0.137. The zero-order valence-electron chi connectivity index (χ0n) is 13.1.